The average Bonchev–Trinajstić information content (AvgIpc) is 2.10. The third-order valence-electron chi connectivity index (χ3n) is 1.38. The molecule has 1 rings (SSSR count). The van der Waals surface area contributed by atoms with Gasteiger partial charge in [-0.2, -0.15) is 8.78 Å². The van der Waals surface area contributed by atoms with Crippen LogP contribution in [-0.4, -0.2) is 12.9 Å². The van der Waals surface area contributed by atoms with E-state index >= 15 is 0 Å². The molecule has 0 atom stereocenters. The molecule has 0 saturated heterocycles. The van der Waals surface area contributed by atoms with Crippen molar-refractivity contribution in [2.24, 2.45) is 0 Å². The van der Waals surface area contributed by atoms with Crippen molar-refractivity contribution < 1.29 is 22.7 Å². The van der Waals surface area contributed by atoms with E-state index in [1.165, 1.54) is 0 Å². The molecular weight excluding hydrogens is 221 g/mol. The lowest BCUT2D eigenvalue weighted by Crippen LogP contribution is -2.03. The molecule has 1 aromatic carbocycles. The van der Waals surface area contributed by atoms with Gasteiger partial charge in [0.2, 0.25) is 0 Å². The number of hydrogen-bond acceptors (Lipinski definition) is 2. The first kappa shape index (κ1) is 10.8. The highest BCUT2D eigenvalue weighted by Crippen LogP contribution is 2.25. The van der Waals surface area contributed by atoms with E-state index in [0.717, 1.165) is 12.1 Å². The predicted octanol–water partition coefficient (Wildman–Crippen LogP) is 2.89. The molecule has 0 unspecified atom stereocenters. The summed E-state index contributed by atoms with van der Waals surface area (Å²) >= 11 is 5.32. The number of alkyl halides is 2. The first-order valence-corrected chi connectivity index (χ1v) is 3.81. The maximum atomic E-state index is 12.9. The molecule has 0 aliphatic rings. The van der Waals surface area contributed by atoms with E-state index in [9.17, 15) is 18.0 Å². The molecule has 0 N–H and O–H groups in total. The number of benzene rings is 1. The van der Waals surface area contributed by atoms with Crippen molar-refractivity contribution in [3.05, 3.63) is 28.5 Å². The summed E-state index contributed by atoms with van der Waals surface area (Å²) in [6.45, 7) is -3.05. The molecule has 0 aliphatic heterocycles. The van der Waals surface area contributed by atoms with Gasteiger partial charge in [-0.05, 0) is 6.07 Å². The minimum atomic E-state index is -3.05. The van der Waals surface area contributed by atoms with Gasteiger partial charge in [-0.25, -0.2) is 4.39 Å². The molecule has 0 aliphatic carbocycles. The third kappa shape index (κ3) is 2.38. The van der Waals surface area contributed by atoms with Crippen LogP contribution in [0, 0.1) is 5.82 Å². The van der Waals surface area contributed by atoms with E-state index in [2.05, 4.69) is 4.74 Å². The van der Waals surface area contributed by atoms with Gasteiger partial charge in [0.1, 0.15) is 5.75 Å². The largest absolute Gasteiger partial charge is 0.435 e. The Bertz CT molecular complexity index is 355. The van der Waals surface area contributed by atoms with Gasteiger partial charge >= 0.3 is 6.61 Å². The fraction of sp³-hybridized carbons (Fsp3) is 0.125. The van der Waals surface area contributed by atoms with Crippen LogP contribution < -0.4 is 4.74 Å². The highest BCUT2D eigenvalue weighted by atomic mass is 35.5. The van der Waals surface area contributed by atoms with E-state index in [0.29, 0.717) is 0 Å². The van der Waals surface area contributed by atoms with E-state index in [1.54, 1.807) is 0 Å². The third-order valence-corrected chi connectivity index (χ3v) is 1.66. The van der Waals surface area contributed by atoms with Crippen LogP contribution in [-0.2, 0) is 0 Å². The number of halogens is 4. The average molecular weight is 225 g/mol. The fourth-order valence-electron chi connectivity index (χ4n) is 0.841. The number of ether oxygens (including phenoxy) is 1. The quantitative estimate of drug-likeness (QED) is 0.738. The summed E-state index contributed by atoms with van der Waals surface area (Å²) in [7, 11) is 0. The minimum absolute atomic E-state index is 0.166. The molecule has 0 heterocycles. The molecule has 1 aromatic rings. The van der Waals surface area contributed by atoms with Crippen LogP contribution >= 0.6 is 11.6 Å². The molecule has 2 nitrogen and oxygen atoms in total. The minimum Gasteiger partial charge on any atom is -0.435 e. The van der Waals surface area contributed by atoms with Gasteiger partial charge in [0.05, 0.1) is 10.6 Å². The Hall–Kier alpha value is -1.23. The summed E-state index contributed by atoms with van der Waals surface area (Å²) < 4.78 is 40.3. The van der Waals surface area contributed by atoms with Crippen molar-refractivity contribution in [1.29, 1.82) is 0 Å². The fourth-order valence-corrected chi connectivity index (χ4v) is 1.06. The van der Waals surface area contributed by atoms with Gasteiger partial charge in [0.15, 0.2) is 12.1 Å². The van der Waals surface area contributed by atoms with Crippen molar-refractivity contribution in [2.75, 3.05) is 0 Å². The summed E-state index contributed by atoms with van der Waals surface area (Å²) in [6, 6.07) is 1.72. The number of aldehydes is 1. The SMILES string of the molecule is O=Cc1cc(OC(F)F)cc(Cl)c1F. The Morgan fingerprint density at radius 3 is 2.57 bits per heavy atom. The molecule has 76 valence electrons. The van der Waals surface area contributed by atoms with Crippen molar-refractivity contribution in [1.82, 2.24) is 0 Å². The van der Waals surface area contributed by atoms with E-state index in [-0.39, 0.29) is 12.0 Å². The lowest BCUT2D eigenvalue weighted by atomic mass is 10.2. The zero-order chi connectivity index (χ0) is 10.7. The monoisotopic (exact) mass is 224 g/mol. The van der Waals surface area contributed by atoms with Crippen LogP contribution in [0.2, 0.25) is 5.02 Å². The first-order chi connectivity index (χ1) is 6.54. The summed E-state index contributed by atoms with van der Waals surface area (Å²) in [5.74, 6) is -1.31. The van der Waals surface area contributed by atoms with Crippen LogP contribution in [0.5, 0.6) is 5.75 Å². The second-order valence-electron chi connectivity index (χ2n) is 2.30. The van der Waals surface area contributed by atoms with E-state index < -0.39 is 23.0 Å². The molecule has 0 radical (unpaired) electrons. The second kappa shape index (κ2) is 4.32. The molecule has 0 amide bonds. The lowest BCUT2D eigenvalue weighted by molar-refractivity contribution is -0.0499. The summed E-state index contributed by atoms with van der Waals surface area (Å²) in [6.07, 6.45) is 0.166. The summed E-state index contributed by atoms with van der Waals surface area (Å²) in [4.78, 5) is 10.3. The molecule has 0 saturated carbocycles. The highest BCUT2D eigenvalue weighted by Gasteiger charge is 2.12. The van der Waals surface area contributed by atoms with Crippen molar-refractivity contribution in [3.63, 3.8) is 0 Å². The number of hydrogen-bond donors (Lipinski definition) is 0. The number of carbonyl (C=O) groups excluding carboxylic acids is 1. The van der Waals surface area contributed by atoms with Crippen LogP contribution in [0.1, 0.15) is 10.4 Å². The molecule has 6 heteroatoms. The van der Waals surface area contributed by atoms with E-state index in [1.807, 2.05) is 0 Å². The van der Waals surface area contributed by atoms with Crippen molar-refractivity contribution in [2.45, 2.75) is 6.61 Å². The Labute approximate surface area is 82.2 Å². The van der Waals surface area contributed by atoms with Crippen LogP contribution in [0.15, 0.2) is 12.1 Å². The van der Waals surface area contributed by atoms with Crippen molar-refractivity contribution >= 4 is 17.9 Å². The molecule has 0 bridgehead atoms. The van der Waals surface area contributed by atoms with Gasteiger partial charge in [0.25, 0.3) is 0 Å². The number of rotatable bonds is 3. The molecular formula is C8H4ClF3O2. The van der Waals surface area contributed by atoms with Crippen LogP contribution in [0.3, 0.4) is 0 Å². The Kier molecular flexibility index (Phi) is 3.35. The molecule has 0 spiro atoms. The molecule has 0 fully saturated rings. The zero-order valence-electron chi connectivity index (χ0n) is 6.64. The standard InChI is InChI=1S/C8H4ClF3O2/c9-6-2-5(14-8(11)12)1-4(3-13)7(6)10/h1-3,8H. The van der Waals surface area contributed by atoms with Gasteiger partial charge in [0, 0.05) is 6.07 Å². The Morgan fingerprint density at radius 2 is 2.07 bits per heavy atom. The van der Waals surface area contributed by atoms with Crippen LogP contribution in [0.25, 0.3) is 0 Å². The van der Waals surface area contributed by atoms with E-state index in [4.69, 9.17) is 11.6 Å². The van der Waals surface area contributed by atoms with Crippen LogP contribution in [0.4, 0.5) is 13.2 Å². The van der Waals surface area contributed by atoms with Gasteiger partial charge in [-0.3, -0.25) is 4.79 Å². The maximum absolute atomic E-state index is 12.9. The number of carbonyl (C=O) groups is 1. The smallest absolute Gasteiger partial charge is 0.387 e. The topological polar surface area (TPSA) is 26.3 Å². The zero-order valence-corrected chi connectivity index (χ0v) is 7.39. The maximum Gasteiger partial charge on any atom is 0.387 e. The molecule has 0 aromatic heterocycles. The summed E-state index contributed by atoms with van der Waals surface area (Å²) in [5, 5.41) is -0.440. The normalized spacial score (nSPS) is 10.4. The Morgan fingerprint density at radius 1 is 1.43 bits per heavy atom. The van der Waals surface area contributed by atoms with Gasteiger partial charge in [-0.15, -0.1) is 0 Å². The summed E-state index contributed by atoms with van der Waals surface area (Å²) in [5.41, 5.74) is -0.423. The first-order valence-electron chi connectivity index (χ1n) is 3.43. The lowest BCUT2D eigenvalue weighted by Gasteiger charge is -2.06. The van der Waals surface area contributed by atoms with Gasteiger partial charge < -0.3 is 4.74 Å². The molecule has 14 heavy (non-hydrogen) atoms. The predicted molar refractivity (Wildman–Crippen MR) is 43.4 cm³/mol. The highest BCUT2D eigenvalue weighted by molar-refractivity contribution is 6.31. The second-order valence-corrected chi connectivity index (χ2v) is 2.71. The van der Waals surface area contributed by atoms with Crippen molar-refractivity contribution in [3.8, 4) is 5.75 Å². The Balaban J connectivity index is 3.09. The van der Waals surface area contributed by atoms with Gasteiger partial charge in [-0.1, -0.05) is 11.6 Å².